The van der Waals surface area contributed by atoms with Crippen LogP contribution in [-0.2, 0) is 14.2 Å². The van der Waals surface area contributed by atoms with Gasteiger partial charge in [-0.25, -0.2) is 0 Å². The van der Waals surface area contributed by atoms with E-state index in [2.05, 4.69) is 0 Å². The predicted molar refractivity (Wildman–Crippen MR) is 57.5 cm³/mol. The Morgan fingerprint density at radius 3 is 1.88 bits per heavy atom. The molecule has 5 nitrogen and oxygen atoms in total. The van der Waals surface area contributed by atoms with E-state index in [1.54, 1.807) is 0 Å². The van der Waals surface area contributed by atoms with Gasteiger partial charge in [-0.05, 0) is 6.92 Å². The van der Waals surface area contributed by atoms with Crippen molar-refractivity contribution in [3.63, 3.8) is 0 Å². The predicted octanol–water partition coefficient (Wildman–Crippen LogP) is 1.25. The van der Waals surface area contributed by atoms with Gasteiger partial charge in [-0.2, -0.15) is 10.5 Å². The molecule has 90 valence electrons. The Bertz CT molecular complexity index is 210. The molecule has 16 heavy (non-hydrogen) atoms. The van der Waals surface area contributed by atoms with Crippen molar-refractivity contribution in [1.29, 1.82) is 10.5 Å². The highest BCUT2D eigenvalue weighted by Crippen LogP contribution is 1.96. The standard InChI is InChI=1S/C11H18N2O3/c1-2-16-11(9-14-7-3-5-12)10-15-8-4-6-13/h11H,2-4,7-10H2,1H3. The Hall–Kier alpha value is -1.14. The molecule has 0 aliphatic carbocycles. The molecule has 0 bridgehead atoms. The van der Waals surface area contributed by atoms with Crippen LogP contribution >= 0.6 is 0 Å². The van der Waals surface area contributed by atoms with Gasteiger partial charge in [0.15, 0.2) is 0 Å². The Morgan fingerprint density at radius 2 is 1.50 bits per heavy atom. The van der Waals surface area contributed by atoms with E-state index in [1.165, 1.54) is 0 Å². The summed E-state index contributed by atoms with van der Waals surface area (Å²) in [6.07, 6.45) is 0.643. The van der Waals surface area contributed by atoms with Crippen LogP contribution in [0.2, 0.25) is 0 Å². The van der Waals surface area contributed by atoms with Crippen LogP contribution in [0.4, 0.5) is 0 Å². The molecule has 0 amide bonds. The van der Waals surface area contributed by atoms with Crippen LogP contribution in [-0.4, -0.2) is 39.1 Å². The second-order valence-corrected chi connectivity index (χ2v) is 3.04. The summed E-state index contributed by atoms with van der Waals surface area (Å²) in [4.78, 5) is 0. The third-order valence-electron chi connectivity index (χ3n) is 1.73. The van der Waals surface area contributed by atoms with Crippen molar-refractivity contribution in [2.45, 2.75) is 25.9 Å². The molecular formula is C11H18N2O3. The Kier molecular flexibility index (Phi) is 11.1. The molecule has 0 aliphatic heterocycles. The molecule has 0 aromatic heterocycles. The molecule has 0 unspecified atom stereocenters. The van der Waals surface area contributed by atoms with Crippen LogP contribution < -0.4 is 0 Å². The Morgan fingerprint density at radius 1 is 1.00 bits per heavy atom. The summed E-state index contributed by atoms with van der Waals surface area (Å²) in [5, 5.41) is 16.6. The summed E-state index contributed by atoms with van der Waals surface area (Å²) in [6.45, 7) is 4.16. The molecule has 0 heterocycles. The normalized spacial score (nSPS) is 10.0. The maximum atomic E-state index is 8.32. The van der Waals surface area contributed by atoms with Crippen LogP contribution in [0.25, 0.3) is 0 Å². The van der Waals surface area contributed by atoms with Gasteiger partial charge in [-0.3, -0.25) is 0 Å². The van der Waals surface area contributed by atoms with Gasteiger partial charge in [-0.1, -0.05) is 0 Å². The first-order valence-electron chi connectivity index (χ1n) is 5.36. The third-order valence-corrected chi connectivity index (χ3v) is 1.73. The molecule has 0 N–H and O–H groups in total. The molecule has 0 aromatic rings. The summed E-state index contributed by atoms with van der Waals surface area (Å²) in [7, 11) is 0. The minimum atomic E-state index is -0.123. The summed E-state index contributed by atoms with van der Waals surface area (Å²) >= 11 is 0. The number of nitriles is 2. The van der Waals surface area contributed by atoms with E-state index < -0.39 is 0 Å². The van der Waals surface area contributed by atoms with Crippen LogP contribution in [0.15, 0.2) is 0 Å². The summed E-state index contributed by atoms with van der Waals surface area (Å²) in [5.74, 6) is 0. The monoisotopic (exact) mass is 226 g/mol. The molecule has 0 aromatic carbocycles. The molecule has 0 saturated carbocycles. The first-order valence-corrected chi connectivity index (χ1v) is 5.36. The molecule has 0 saturated heterocycles. The highest BCUT2D eigenvalue weighted by molar-refractivity contribution is 4.68. The zero-order valence-corrected chi connectivity index (χ0v) is 9.65. The fourth-order valence-electron chi connectivity index (χ4n) is 1.05. The van der Waals surface area contributed by atoms with Crippen molar-refractivity contribution in [1.82, 2.24) is 0 Å². The molecule has 0 fully saturated rings. The van der Waals surface area contributed by atoms with Crippen molar-refractivity contribution >= 4 is 0 Å². The lowest BCUT2D eigenvalue weighted by atomic mass is 10.4. The van der Waals surface area contributed by atoms with Gasteiger partial charge in [0.25, 0.3) is 0 Å². The fourth-order valence-corrected chi connectivity index (χ4v) is 1.05. The molecule has 5 heteroatoms. The zero-order chi connectivity index (χ0) is 12.1. The number of nitrogens with zero attached hydrogens (tertiary/aromatic N) is 2. The Balaban J connectivity index is 3.55. The van der Waals surface area contributed by atoms with E-state index in [1.807, 2.05) is 19.1 Å². The molecule has 0 rings (SSSR count). The molecular weight excluding hydrogens is 208 g/mol. The van der Waals surface area contributed by atoms with Crippen LogP contribution in [0.1, 0.15) is 19.8 Å². The average molecular weight is 226 g/mol. The highest BCUT2D eigenvalue weighted by Gasteiger charge is 2.08. The number of ether oxygens (including phenoxy) is 3. The zero-order valence-electron chi connectivity index (χ0n) is 9.65. The second-order valence-electron chi connectivity index (χ2n) is 3.04. The maximum Gasteiger partial charge on any atom is 0.104 e. The SMILES string of the molecule is CCOC(COCCC#N)COCCC#N. The van der Waals surface area contributed by atoms with Crippen molar-refractivity contribution in [2.24, 2.45) is 0 Å². The fraction of sp³-hybridized carbons (Fsp3) is 0.818. The number of rotatable bonds is 10. The van der Waals surface area contributed by atoms with E-state index in [-0.39, 0.29) is 6.10 Å². The molecule has 0 radical (unpaired) electrons. The minimum Gasteiger partial charge on any atom is -0.378 e. The number of hydrogen-bond acceptors (Lipinski definition) is 5. The molecule has 0 atom stereocenters. The van der Waals surface area contributed by atoms with Gasteiger partial charge in [0, 0.05) is 6.61 Å². The van der Waals surface area contributed by atoms with E-state index in [9.17, 15) is 0 Å². The lowest BCUT2D eigenvalue weighted by Gasteiger charge is -2.16. The van der Waals surface area contributed by atoms with Crippen molar-refractivity contribution in [2.75, 3.05) is 33.0 Å². The Labute approximate surface area is 96.5 Å². The summed E-state index contributed by atoms with van der Waals surface area (Å²) in [5.41, 5.74) is 0. The smallest absolute Gasteiger partial charge is 0.104 e. The maximum absolute atomic E-state index is 8.32. The molecule has 0 spiro atoms. The van der Waals surface area contributed by atoms with Gasteiger partial charge in [-0.15, -0.1) is 0 Å². The second kappa shape index (κ2) is 11.9. The van der Waals surface area contributed by atoms with Gasteiger partial charge in [0.05, 0.1) is 51.4 Å². The van der Waals surface area contributed by atoms with Crippen LogP contribution in [0.5, 0.6) is 0 Å². The molecule has 0 aliphatic rings. The van der Waals surface area contributed by atoms with E-state index >= 15 is 0 Å². The van der Waals surface area contributed by atoms with Gasteiger partial charge < -0.3 is 14.2 Å². The lowest BCUT2D eigenvalue weighted by molar-refractivity contribution is -0.0547. The van der Waals surface area contributed by atoms with Crippen molar-refractivity contribution < 1.29 is 14.2 Å². The lowest BCUT2D eigenvalue weighted by Crippen LogP contribution is -2.26. The number of hydrogen-bond donors (Lipinski definition) is 0. The highest BCUT2D eigenvalue weighted by atomic mass is 16.6. The van der Waals surface area contributed by atoms with Gasteiger partial charge >= 0.3 is 0 Å². The first-order chi connectivity index (χ1) is 7.85. The minimum absolute atomic E-state index is 0.123. The quantitative estimate of drug-likeness (QED) is 0.524. The van der Waals surface area contributed by atoms with Crippen molar-refractivity contribution in [3.05, 3.63) is 0 Å². The third kappa shape index (κ3) is 9.42. The van der Waals surface area contributed by atoms with E-state index in [0.29, 0.717) is 45.9 Å². The summed E-state index contributed by atoms with van der Waals surface area (Å²) < 4.78 is 15.9. The largest absolute Gasteiger partial charge is 0.378 e. The van der Waals surface area contributed by atoms with Crippen molar-refractivity contribution in [3.8, 4) is 12.1 Å². The van der Waals surface area contributed by atoms with Crippen LogP contribution in [0, 0.1) is 22.7 Å². The van der Waals surface area contributed by atoms with Crippen LogP contribution in [0.3, 0.4) is 0 Å². The first kappa shape index (κ1) is 14.9. The van der Waals surface area contributed by atoms with E-state index in [4.69, 9.17) is 24.7 Å². The summed E-state index contributed by atoms with van der Waals surface area (Å²) in [6, 6.07) is 4.00. The topological polar surface area (TPSA) is 75.3 Å². The average Bonchev–Trinajstić information content (AvgIpc) is 2.30. The van der Waals surface area contributed by atoms with E-state index in [0.717, 1.165) is 0 Å². The van der Waals surface area contributed by atoms with Gasteiger partial charge in [0.1, 0.15) is 6.10 Å². The van der Waals surface area contributed by atoms with Gasteiger partial charge in [0.2, 0.25) is 0 Å².